The fraction of sp³-hybridized carbons (Fsp3) is 0.400. The van der Waals surface area contributed by atoms with Gasteiger partial charge in [0.15, 0.2) is 0 Å². The van der Waals surface area contributed by atoms with Crippen molar-refractivity contribution in [2.45, 2.75) is 43.4 Å². The monoisotopic (exact) mass is 497 g/mol. The Kier molecular flexibility index (Phi) is 11.5. The number of benzene rings is 1. The van der Waals surface area contributed by atoms with Gasteiger partial charge in [-0.05, 0) is 12.0 Å². The van der Waals surface area contributed by atoms with Gasteiger partial charge in [0.25, 0.3) is 0 Å². The maximum Gasteiger partial charge on any atom is 0.326 e. The maximum atomic E-state index is 12.6. The van der Waals surface area contributed by atoms with E-state index in [2.05, 4.69) is 23.3 Å². The molecule has 34 heavy (non-hydrogen) atoms. The van der Waals surface area contributed by atoms with Crippen LogP contribution in [0.4, 0.5) is 0 Å². The van der Waals surface area contributed by atoms with Gasteiger partial charge >= 0.3 is 11.9 Å². The molecule has 1 aromatic rings. The van der Waals surface area contributed by atoms with E-state index in [9.17, 15) is 28.8 Å². The highest BCUT2D eigenvalue weighted by molar-refractivity contribution is 7.80. The van der Waals surface area contributed by atoms with Crippen LogP contribution in [-0.2, 0) is 35.2 Å². The summed E-state index contributed by atoms with van der Waals surface area (Å²) in [5.74, 6) is -7.08. The Bertz CT molecular complexity index is 913. The van der Waals surface area contributed by atoms with Crippen LogP contribution in [0.25, 0.3) is 0 Å². The third-order valence-electron chi connectivity index (χ3n) is 4.48. The van der Waals surface area contributed by atoms with Gasteiger partial charge in [-0.25, -0.2) is 4.79 Å². The average molecular weight is 498 g/mol. The van der Waals surface area contributed by atoms with Crippen LogP contribution in [0.2, 0.25) is 0 Å². The molecule has 186 valence electrons. The zero-order valence-corrected chi connectivity index (χ0v) is 18.9. The minimum atomic E-state index is -1.73. The normalized spacial score (nSPS) is 14.1. The van der Waals surface area contributed by atoms with Crippen molar-refractivity contribution in [2.75, 3.05) is 5.75 Å². The molecule has 0 saturated heterocycles. The summed E-state index contributed by atoms with van der Waals surface area (Å²) in [7, 11) is 0. The van der Waals surface area contributed by atoms with Crippen LogP contribution in [-0.4, -0.2) is 75.7 Å². The second kappa shape index (κ2) is 13.8. The largest absolute Gasteiger partial charge is 0.481 e. The van der Waals surface area contributed by atoms with E-state index in [1.807, 2.05) is 5.32 Å². The Hall–Kier alpha value is -3.65. The number of thiol groups is 1. The number of carbonyl (C=O) groups excluding carboxylic acids is 4. The van der Waals surface area contributed by atoms with Crippen LogP contribution in [0.15, 0.2) is 30.3 Å². The van der Waals surface area contributed by atoms with Gasteiger partial charge in [0.1, 0.15) is 18.1 Å². The maximum absolute atomic E-state index is 12.6. The first-order valence-electron chi connectivity index (χ1n) is 9.99. The molecule has 0 heterocycles. The SMILES string of the molecule is NC(=O)CC(NC(=O)C(CC(=O)O)NC(=O)C(CS)NC(=O)C(N)Cc1ccccc1)C(=O)O. The first-order chi connectivity index (χ1) is 15.9. The number of carbonyl (C=O) groups is 6. The van der Waals surface area contributed by atoms with Gasteiger partial charge in [-0.1, -0.05) is 30.3 Å². The molecule has 4 atom stereocenters. The number of primary amides is 1. The highest BCUT2D eigenvalue weighted by atomic mass is 32.1. The van der Waals surface area contributed by atoms with Crippen molar-refractivity contribution in [1.82, 2.24) is 16.0 Å². The van der Waals surface area contributed by atoms with E-state index in [1.165, 1.54) is 0 Å². The van der Waals surface area contributed by atoms with Crippen molar-refractivity contribution in [2.24, 2.45) is 11.5 Å². The van der Waals surface area contributed by atoms with Crippen LogP contribution >= 0.6 is 12.6 Å². The van der Waals surface area contributed by atoms with Crippen molar-refractivity contribution >= 4 is 48.2 Å². The van der Waals surface area contributed by atoms with Crippen LogP contribution in [0.3, 0.4) is 0 Å². The van der Waals surface area contributed by atoms with Crippen molar-refractivity contribution < 1.29 is 39.0 Å². The predicted octanol–water partition coefficient (Wildman–Crippen LogP) is -2.62. The Morgan fingerprint density at radius 1 is 0.824 bits per heavy atom. The molecular formula is C20H27N5O8S. The topological polar surface area (TPSA) is 231 Å². The number of carboxylic acids is 2. The molecule has 4 amide bonds. The quantitative estimate of drug-likeness (QED) is 0.125. The minimum Gasteiger partial charge on any atom is -0.481 e. The smallest absolute Gasteiger partial charge is 0.326 e. The van der Waals surface area contributed by atoms with Gasteiger partial charge in [-0.15, -0.1) is 0 Å². The van der Waals surface area contributed by atoms with E-state index in [0.29, 0.717) is 0 Å². The molecule has 4 unspecified atom stereocenters. The van der Waals surface area contributed by atoms with Gasteiger partial charge in [0, 0.05) is 5.75 Å². The summed E-state index contributed by atoms with van der Waals surface area (Å²) < 4.78 is 0. The molecule has 14 heteroatoms. The van der Waals surface area contributed by atoms with Crippen LogP contribution in [0, 0.1) is 0 Å². The van der Waals surface area contributed by atoms with Crippen LogP contribution in [0.5, 0.6) is 0 Å². The molecule has 1 aromatic carbocycles. The fourth-order valence-electron chi connectivity index (χ4n) is 2.76. The molecule has 0 aliphatic carbocycles. The van der Waals surface area contributed by atoms with E-state index in [0.717, 1.165) is 5.56 Å². The summed E-state index contributed by atoms with van der Waals surface area (Å²) in [5.41, 5.74) is 11.6. The first kappa shape index (κ1) is 28.4. The number of nitrogens with one attached hydrogen (secondary N) is 3. The molecule has 0 aliphatic heterocycles. The fourth-order valence-corrected chi connectivity index (χ4v) is 3.02. The van der Waals surface area contributed by atoms with Crippen LogP contribution in [0.1, 0.15) is 18.4 Å². The summed E-state index contributed by atoms with van der Waals surface area (Å²) >= 11 is 4.00. The molecular weight excluding hydrogens is 470 g/mol. The number of aliphatic carboxylic acids is 2. The highest BCUT2D eigenvalue weighted by Gasteiger charge is 2.31. The molecule has 0 radical (unpaired) electrons. The zero-order valence-electron chi connectivity index (χ0n) is 18.0. The number of rotatable bonds is 14. The van der Waals surface area contributed by atoms with Crippen molar-refractivity contribution in [3.63, 3.8) is 0 Å². The predicted molar refractivity (Wildman–Crippen MR) is 121 cm³/mol. The second-order valence-electron chi connectivity index (χ2n) is 7.27. The summed E-state index contributed by atoms with van der Waals surface area (Å²) in [4.78, 5) is 70.8. The molecule has 0 bridgehead atoms. The van der Waals surface area contributed by atoms with E-state index >= 15 is 0 Å². The van der Waals surface area contributed by atoms with Crippen molar-refractivity contribution in [1.29, 1.82) is 0 Å². The molecule has 9 N–H and O–H groups in total. The van der Waals surface area contributed by atoms with Gasteiger partial charge in [-0.2, -0.15) is 12.6 Å². The lowest BCUT2D eigenvalue weighted by atomic mass is 10.1. The standard InChI is InChI=1S/C20H27N5O8S/c21-11(6-10-4-2-1-3-5-10)17(29)25-14(9-34)19(31)23-12(8-16(27)28)18(30)24-13(20(32)33)7-15(22)26/h1-5,11-14,34H,6-9,21H2,(H2,22,26)(H,23,31)(H,24,30)(H,25,29)(H,27,28)(H,32,33). The third-order valence-corrected chi connectivity index (χ3v) is 4.85. The lowest BCUT2D eigenvalue weighted by Crippen LogP contribution is -2.58. The molecule has 0 spiro atoms. The number of hydrogen-bond acceptors (Lipinski definition) is 8. The molecule has 1 rings (SSSR count). The lowest BCUT2D eigenvalue weighted by molar-refractivity contribution is -0.144. The van der Waals surface area contributed by atoms with Gasteiger partial charge < -0.3 is 37.6 Å². The number of nitrogens with two attached hydrogens (primary N) is 2. The van der Waals surface area contributed by atoms with Crippen molar-refractivity contribution in [3.8, 4) is 0 Å². The number of hydrogen-bond donors (Lipinski definition) is 8. The van der Waals surface area contributed by atoms with E-state index in [-0.39, 0.29) is 12.2 Å². The Labute approximate surface area is 200 Å². The van der Waals surface area contributed by atoms with Gasteiger partial charge in [-0.3, -0.25) is 24.0 Å². The average Bonchev–Trinajstić information content (AvgIpc) is 2.76. The first-order valence-corrected chi connectivity index (χ1v) is 10.6. The summed E-state index contributed by atoms with van der Waals surface area (Å²) in [6.45, 7) is 0. The van der Waals surface area contributed by atoms with E-state index < -0.39 is 72.6 Å². The van der Waals surface area contributed by atoms with Gasteiger partial charge in [0.2, 0.25) is 23.6 Å². The Balaban J connectivity index is 2.85. The van der Waals surface area contributed by atoms with Crippen molar-refractivity contribution in [3.05, 3.63) is 35.9 Å². The molecule has 13 nitrogen and oxygen atoms in total. The molecule has 0 aliphatic rings. The third kappa shape index (κ3) is 9.87. The summed E-state index contributed by atoms with van der Waals surface area (Å²) in [6.07, 6.45) is -1.46. The highest BCUT2D eigenvalue weighted by Crippen LogP contribution is 2.04. The second-order valence-corrected chi connectivity index (χ2v) is 7.63. The number of amides is 4. The minimum absolute atomic E-state index is 0.189. The molecule has 0 saturated carbocycles. The summed E-state index contributed by atoms with van der Waals surface area (Å²) in [6, 6.07) is 3.18. The Morgan fingerprint density at radius 3 is 1.85 bits per heavy atom. The zero-order chi connectivity index (χ0) is 25.8. The molecule has 0 aromatic heterocycles. The van der Waals surface area contributed by atoms with Gasteiger partial charge in [0.05, 0.1) is 18.9 Å². The Morgan fingerprint density at radius 2 is 1.35 bits per heavy atom. The molecule has 0 fully saturated rings. The number of carboxylic acid groups (broad SMARTS) is 2. The van der Waals surface area contributed by atoms with Crippen LogP contribution < -0.4 is 27.4 Å². The van der Waals surface area contributed by atoms with E-state index in [4.69, 9.17) is 21.7 Å². The summed E-state index contributed by atoms with van der Waals surface area (Å²) in [5, 5.41) is 24.7. The lowest BCUT2D eigenvalue weighted by Gasteiger charge is -2.23. The van der Waals surface area contributed by atoms with E-state index in [1.54, 1.807) is 30.3 Å².